The maximum absolute atomic E-state index is 5.98. The molecular formula is C15H19ClN4S. The molecule has 2 aromatic rings. The number of pyridine rings is 1. The Hall–Kier alpha value is -1.43. The molecule has 0 aliphatic rings. The SMILES string of the molecule is CN(C)CCCNC(=S)Nc1ccnc2cc(Cl)ccc12. The minimum absolute atomic E-state index is 0.621. The Balaban J connectivity index is 1.98. The predicted octanol–water partition coefficient (Wildman–Crippen LogP) is 3.13. The Bertz CT molecular complexity index is 630. The monoisotopic (exact) mass is 322 g/mol. The number of benzene rings is 1. The average Bonchev–Trinajstić information content (AvgIpc) is 2.43. The van der Waals surface area contributed by atoms with Gasteiger partial charge in [-0.25, -0.2) is 0 Å². The van der Waals surface area contributed by atoms with Crippen molar-refractivity contribution in [3.8, 4) is 0 Å². The van der Waals surface area contributed by atoms with Gasteiger partial charge >= 0.3 is 0 Å². The zero-order valence-corrected chi connectivity index (χ0v) is 13.8. The predicted molar refractivity (Wildman–Crippen MR) is 94.1 cm³/mol. The van der Waals surface area contributed by atoms with E-state index in [9.17, 15) is 0 Å². The minimum atomic E-state index is 0.621. The normalized spacial score (nSPS) is 10.9. The first-order valence-corrected chi connectivity index (χ1v) is 7.59. The molecule has 4 nitrogen and oxygen atoms in total. The van der Waals surface area contributed by atoms with Crippen LogP contribution in [-0.2, 0) is 0 Å². The van der Waals surface area contributed by atoms with Gasteiger partial charge in [-0.2, -0.15) is 0 Å². The van der Waals surface area contributed by atoms with Crippen molar-refractivity contribution in [3.63, 3.8) is 0 Å². The summed E-state index contributed by atoms with van der Waals surface area (Å²) < 4.78 is 0. The number of anilines is 1. The van der Waals surface area contributed by atoms with Gasteiger partial charge in [-0.3, -0.25) is 4.98 Å². The van der Waals surface area contributed by atoms with Gasteiger partial charge in [0.2, 0.25) is 0 Å². The molecule has 0 radical (unpaired) electrons. The lowest BCUT2D eigenvalue weighted by molar-refractivity contribution is 0.400. The van der Waals surface area contributed by atoms with Gasteiger partial charge in [-0.15, -0.1) is 0 Å². The van der Waals surface area contributed by atoms with Crippen molar-refractivity contribution in [2.75, 3.05) is 32.5 Å². The third kappa shape index (κ3) is 4.81. The van der Waals surface area contributed by atoms with Gasteiger partial charge in [0, 0.05) is 23.2 Å². The van der Waals surface area contributed by atoms with E-state index >= 15 is 0 Å². The van der Waals surface area contributed by atoms with E-state index in [1.165, 1.54) is 0 Å². The van der Waals surface area contributed by atoms with Crippen LogP contribution < -0.4 is 10.6 Å². The number of hydrogen-bond donors (Lipinski definition) is 2. The molecule has 0 fully saturated rings. The maximum Gasteiger partial charge on any atom is 0.170 e. The summed E-state index contributed by atoms with van der Waals surface area (Å²) in [5, 5.41) is 8.72. The first kappa shape index (κ1) is 15.9. The number of hydrogen-bond acceptors (Lipinski definition) is 3. The summed E-state index contributed by atoms with van der Waals surface area (Å²) >= 11 is 11.3. The van der Waals surface area contributed by atoms with Crippen LogP contribution in [0.25, 0.3) is 10.9 Å². The maximum atomic E-state index is 5.98. The van der Waals surface area contributed by atoms with Gasteiger partial charge < -0.3 is 15.5 Å². The van der Waals surface area contributed by atoms with E-state index in [-0.39, 0.29) is 0 Å². The summed E-state index contributed by atoms with van der Waals surface area (Å²) in [7, 11) is 4.12. The fourth-order valence-electron chi connectivity index (χ4n) is 1.99. The van der Waals surface area contributed by atoms with Crippen molar-refractivity contribution in [3.05, 3.63) is 35.5 Å². The van der Waals surface area contributed by atoms with Gasteiger partial charge in [-0.1, -0.05) is 11.6 Å². The highest BCUT2D eigenvalue weighted by Gasteiger charge is 2.04. The second-order valence-electron chi connectivity index (χ2n) is 5.06. The van der Waals surface area contributed by atoms with Crippen LogP contribution in [-0.4, -0.2) is 42.2 Å². The fraction of sp³-hybridized carbons (Fsp3) is 0.333. The molecule has 0 saturated heterocycles. The zero-order valence-electron chi connectivity index (χ0n) is 12.2. The second kappa shape index (κ2) is 7.54. The number of fused-ring (bicyclic) bond motifs is 1. The van der Waals surface area contributed by atoms with Gasteiger partial charge in [0.05, 0.1) is 11.2 Å². The summed E-state index contributed by atoms with van der Waals surface area (Å²) in [4.78, 5) is 6.46. The second-order valence-corrected chi connectivity index (χ2v) is 5.90. The number of rotatable bonds is 5. The van der Waals surface area contributed by atoms with Crippen LogP contribution in [0.15, 0.2) is 30.5 Å². The molecule has 2 rings (SSSR count). The topological polar surface area (TPSA) is 40.2 Å². The summed E-state index contributed by atoms with van der Waals surface area (Å²) in [6.07, 6.45) is 2.79. The Morgan fingerprint density at radius 3 is 2.90 bits per heavy atom. The van der Waals surface area contributed by atoms with Gasteiger partial charge in [0.15, 0.2) is 5.11 Å². The molecule has 1 aromatic carbocycles. The molecule has 0 aliphatic heterocycles. The third-order valence-electron chi connectivity index (χ3n) is 3.02. The summed E-state index contributed by atoms with van der Waals surface area (Å²) in [5.41, 5.74) is 1.78. The fourth-order valence-corrected chi connectivity index (χ4v) is 2.37. The average molecular weight is 323 g/mol. The number of thiocarbonyl (C=S) groups is 1. The first-order valence-electron chi connectivity index (χ1n) is 6.80. The molecule has 0 atom stereocenters. The van der Waals surface area contributed by atoms with Crippen LogP contribution in [0.3, 0.4) is 0 Å². The minimum Gasteiger partial charge on any atom is -0.362 e. The third-order valence-corrected chi connectivity index (χ3v) is 3.50. The van der Waals surface area contributed by atoms with Crippen molar-refractivity contribution < 1.29 is 0 Å². The number of nitrogens with one attached hydrogen (secondary N) is 2. The van der Waals surface area contributed by atoms with E-state index in [0.29, 0.717) is 10.1 Å². The standard InChI is InChI=1S/C15H19ClN4S/c1-20(2)9-3-7-18-15(21)19-13-6-8-17-14-10-11(16)4-5-12(13)14/h4-6,8,10H,3,7,9H2,1-2H3,(H2,17,18,19,21). The number of halogens is 1. The molecule has 0 bridgehead atoms. The highest BCUT2D eigenvalue weighted by molar-refractivity contribution is 7.80. The molecular weight excluding hydrogens is 304 g/mol. The number of aromatic nitrogens is 1. The molecule has 0 unspecified atom stereocenters. The summed E-state index contributed by atoms with van der Waals surface area (Å²) in [5.74, 6) is 0. The largest absolute Gasteiger partial charge is 0.362 e. The van der Waals surface area contributed by atoms with Crippen molar-refractivity contribution in [1.82, 2.24) is 15.2 Å². The van der Waals surface area contributed by atoms with Gasteiger partial charge in [0.25, 0.3) is 0 Å². The Morgan fingerprint density at radius 2 is 2.14 bits per heavy atom. The Labute approximate surface area is 135 Å². The Morgan fingerprint density at radius 1 is 1.33 bits per heavy atom. The molecule has 6 heteroatoms. The van der Waals surface area contributed by atoms with Crippen molar-refractivity contribution >= 4 is 45.5 Å². The lowest BCUT2D eigenvalue weighted by atomic mass is 10.2. The smallest absolute Gasteiger partial charge is 0.170 e. The quantitative estimate of drug-likeness (QED) is 0.654. The van der Waals surface area contributed by atoms with E-state index in [0.717, 1.165) is 36.1 Å². The van der Waals surface area contributed by atoms with Crippen molar-refractivity contribution in [2.24, 2.45) is 0 Å². The highest BCUT2D eigenvalue weighted by Crippen LogP contribution is 2.24. The van der Waals surface area contributed by atoms with Gasteiger partial charge in [0.1, 0.15) is 0 Å². The van der Waals surface area contributed by atoms with Crippen LogP contribution in [0.5, 0.6) is 0 Å². The molecule has 21 heavy (non-hydrogen) atoms. The number of nitrogens with zero attached hydrogens (tertiary/aromatic N) is 2. The molecule has 1 heterocycles. The van der Waals surface area contributed by atoms with Crippen LogP contribution in [0.1, 0.15) is 6.42 Å². The molecule has 2 N–H and O–H groups in total. The van der Waals surface area contributed by atoms with E-state index in [2.05, 4.69) is 34.6 Å². The Kier molecular flexibility index (Phi) is 5.73. The van der Waals surface area contributed by atoms with E-state index < -0.39 is 0 Å². The van der Waals surface area contributed by atoms with E-state index in [1.807, 2.05) is 24.3 Å². The lowest BCUT2D eigenvalue weighted by Gasteiger charge is -2.13. The lowest BCUT2D eigenvalue weighted by Crippen LogP contribution is -2.30. The zero-order chi connectivity index (χ0) is 15.2. The van der Waals surface area contributed by atoms with Crippen LogP contribution in [0.4, 0.5) is 5.69 Å². The van der Waals surface area contributed by atoms with Crippen molar-refractivity contribution in [2.45, 2.75) is 6.42 Å². The van der Waals surface area contributed by atoms with Gasteiger partial charge in [-0.05, 0) is 63.5 Å². The molecule has 1 aromatic heterocycles. The first-order chi connectivity index (χ1) is 10.1. The highest BCUT2D eigenvalue weighted by atomic mass is 35.5. The van der Waals surface area contributed by atoms with Crippen LogP contribution in [0, 0.1) is 0 Å². The molecule has 112 valence electrons. The van der Waals surface area contributed by atoms with Crippen molar-refractivity contribution in [1.29, 1.82) is 0 Å². The van der Waals surface area contributed by atoms with E-state index in [4.69, 9.17) is 23.8 Å². The summed E-state index contributed by atoms with van der Waals surface area (Å²) in [6, 6.07) is 7.55. The van der Waals surface area contributed by atoms with E-state index in [1.54, 1.807) is 6.20 Å². The van der Waals surface area contributed by atoms with Crippen LogP contribution in [0.2, 0.25) is 5.02 Å². The molecule has 0 saturated carbocycles. The van der Waals surface area contributed by atoms with Crippen LogP contribution >= 0.6 is 23.8 Å². The molecule has 0 spiro atoms. The molecule has 0 amide bonds. The molecule has 0 aliphatic carbocycles. The summed E-state index contributed by atoms with van der Waals surface area (Å²) in [6.45, 7) is 1.88.